The van der Waals surface area contributed by atoms with E-state index in [1.165, 1.54) is 0 Å². The maximum absolute atomic E-state index is 12.6. The van der Waals surface area contributed by atoms with Crippen molar-refractivity contribution in [2.75, 3.05) is 6.54 Å². The van der Waals surface area contributed by atoms with Gasteiger partial charge in [-0.15, -0.1) is 11.3 Å². The molecule has 1 aromatic heterocycles. The van der Waals surface area contributed by atoms with Crippen molar-refractivity contribution in [3.63, 3.8) is 0 Å². The van der Waals surface area contributed by atoms with Gasteiger partial charge in [-0.1, -0.05) is 26.8 Å². The summed E-state index contributed by atoms with van der Waals surface area (Å²) in [6.45, 7) is 12.3. The molecular weight excluding hydrogens is 374 g/mol. The summed E-state index contributed by atoms with van der Waals surface area (Å²) >= 11 is 1.57. The number of carbonyl (C=O) groups excluding carboxylic acids is 2. The lowest BCUT2D eigenvalue weighted by atomic mass is 9.96. The Morgan fingerprint density at radius 1 is 1.18 bits per heavy atom. The van der Waals surface area contributed by atoms with Crippen molar-refractivity contribution in [3.05, 3.63) is 45.9 Å². The molecule has 0 saturated heterocycles. The third-order valence-corrected chi connectivity index (χ3v) is 4.74. The zero-order valence-electron chi connectivity index (χ0n) is 17.4. The summed E-state index contributed by atoms with van der Waals surface area (Å²) in [5.74, 6) is 0.0289. The average molecular weight is 404 g/mol. The quantitative estimate of drug-likeness (QED) is 0.739. The van der Waals surface area contributed by atoms with Crippen LogP contribution in [0.1, 0.15) is 55.7 Å². The molecule has 1 heterocycles. The summed E-state index contributed by atoms with van der Waals surface area (Å²) in [5.41, 5.74) is 0.229. The summed E-state index contributed by atoms with van der Waals surface area (Å²) < 4.78 is 5.73. The lowest BCUT2D eigenvalue weighted by Gasteiger charge is -2.27. The molecule has 7 heteroatoms. The maximum Gasteiger partial charge on any atom is 0.252 e. The van der Waals surface area contributed by atoms with Gasteiger partial charge in [0.2, 0.25) is 5.91 Å². The van der Waals surface area contributed by atoms with Crippen molar-refractivity contribution >= 4 is 23.2 Å². The molecule has 28 heavy (non-hydrogen) atoms. The standard InChI is InChI=1S/C21H29N3O3S/c1-14-23-16(12-28-14)11-27-17-9-7-8-15(10-17)18(25)24-21(5,6)19(26)22-13-20(2,3)4/h7-10,12H,11,13H2,1-6H3,(H,22,26)(H,24,25). The Bertz CT molecular complexity index is 837. The number of nitrogens with zero attached hydrogens (tertiary/aromatic N) is 1. The summed E-state index contributed by atoms with van der Waals surface area (Å²) in [4.78, 5) is 29.4. The fourth-order valence-corrected chi connectivity index (χ4v) is 2.94. The van der Waals surface area contributed by atoms with Crippen LogP contribution in [0, 0.1) is 12.3 Å². The highest BCUT2D eigenvalue weighted by atomic mass is 32.1. The van der Waals surface area contributed by atoms with E-state index in [1.807, 2.05) is 33.1 Å². The van der Waals surface area contributed by atoms with E-state index >= 15 is 0 Å². The van der Waals surface area contributed by atoms with E-state index in [0.29, 0.717) is 24.5 Å². The molecule has 0 spiro atoms. The van der Waals surface area contributed by atoms with Crippen molar-refractivity contribution in [1.82, 2.24) is 15.6 Å². The van der Waals surface area contributed by atoms with Gasteiger partial charge in [0.15, 0.2) is 0 Å². The molecule has 0 radical (unpaired) electrons. The van der Waals surface area contributed by atoms with E-state index in [4.69, 9.17) is 4.74 Å². The molecule has 6 nitrogen and oxygen atoms in total. The number of hydrogen-bond acceptors (Lipinski definition) is 5. The molecule has 152 valence electrons. The van der Waals surface area contributed by atoms with Crippen LogP contribution in [0.2, 0.25) is 0 Å². The van der Waals surface area contributed by atoms with E-state index in [2.05, 4.69) is 15.6 Å². The molecule has 0 unspecified atom stereocenters. The zero-order chi connectivity index (χ0) is 20.9. The van der Waals surface area contributed by atoms with Crippen LogP contribution in [0.3, 0.4) is 0 Å². The number of benzene rings is 1. The largest absolute Gasteiger partial charge is 0.487 e. The Hall–Kier alpha value is -2.41. The fraction of sp³-hybridized carbons (Fsp3) is 0.476. The fourth-order valence-electron chi connectivity index (χ4n) is 2.34. The van der Waals surface area contributed by atoms with E-state index in [1.54, 1.807) is 49.4 Å². The van der Waals surface area contributed by atoms with Gasteiger partial charge in [0.05, 0.1) is 10.7 Å². The SMILES string of the molecule is Cc1nc(COc2cccc(C(=O)NC(C)(C)C(=O)NCC(C)(C)C)c2)cs1. The zero-order valence-corrected chi connectivity index (χ0v) is 18.2. The van der Waals surface area contributed by atoms with Gasteiger partial charge in [-0.3, -0.25) is 9.59 Å². The number of hydrogen-bond donors (Lipinski definition) is 2. The molecule has 2 amide bonds. The van der Waals surface area contributed by atoms with Crippen LogP contribution in [0.25, 0.3) is 0 Å². The Kier molecular flexibility index (Phi) is 6.82. The second-order valence-electron chi connectivity index (χ2n) is 8.50. The summed E-state index contributed by atoms with van der Waals surface area (Å²) in [6.07, 6.45) is 0. The molecule has 0 aliphatic heterocycles. The molecular formula is C21H29N3O3S. The van der Waals surface area contributed by atoms with Gasteiger partial charge in [0.25, 0.3) is 5.91 Å². The highest BCUT2D eigenvalue weighted by Gasteiger charge is 2.30. The topological polar surface area (TPSA) is 80.3 Å². The van der Waals surface area contributed by atoms with Crippen molar-refractivity contribution in [2.24, 2.45) is 5.41 Å². The first-order valence-corrected chi connectivity index (χ1v) is 10.1. The van der Waals surface area contributed by atoms with Crippen LogP contribution in [0.4, 0.5) is 0 Å². The van der Waals surface area contributed by atoms with E-state index < -0.39 is 5.54 Å². The van der Waals surface area contributed by atoms with Crippen LogP contribution in [0.15, 0.2) is 29.6 Å². The molecule has 2 N–H and O–H groups in total. The average Bonchev–Trinajstić information content (AvgIpc) is 3.02. The minimum atomic E-state index is -1.03. The van der Waals surface area contributed by atoms with Gasteiger partial charge in [0.1, 0.15) is 17.9 Å². The Labute approximate surface area is 170 Å². The van der Waals surface area contributed by atoms with Gasteiger partial charge < -0.3 is 15.4 Å². The molecule has 0 aliphatic carbocycles. The number of rotatable bonds is 7. The lowest BCUT2D eigenvalue weighted by Crippen LogP contribution is -2.55. The minimum absolute atomic E-state index is 0.0305. The van der Waals surface area contributed by atoms with Crippen molar-refractivity contribution in [3.8, 4) is 5.75 Å². The second-order valence-corrected chi connectivity index (χ2v) is 9.56. The summed E-state index contributed by atoms with van der Waals surface area (Å²) in [7, 11) is 0. The van der Waals surface area contributed by atoms with Crippen molar-refractivity contribution in [1.29, 1.82) is 0 Å². The number of ether oxygens (including phenoxy) is 1. The van der Waals surface area contributed by atoms with Crippen LogP contribution < -0.4 is 15.4 Å². The van der Waals surface area contributed by atoms with Crippen LogP contribution >= 0.6 is 11.3 Å². The van der Waals surface area contributed by atoms with Crippen molar-refractivity contribution in [2.45, 2.75) is 53.7 Å². The van der Waals surface area contributed by atoms with Gasteiger partial charge in [-0.2, -0.15) is 0 Å². The molecule has 1 aromatic carbocycles. The molecule has 0 saturated carbocycles. The number of aromatic nitrogens is 1. The van der Waals surface area contributed by atoms with Crippen LogP contribution in [0.5, 0.6) is 5.75 Å². The number of thiazole rings is 1. The normalized spacial score (nSPS) is 11.8. The number of amides is 2. The molecule has 0 aliphatic rings. The Balaban J connectivity index is 1.98. The molecule has 0 atom stereocenters. The van der Waals surface area contributed by atoms with Gasteiger partial charge in [-0.05, 0) is 44.4 Å². The molecule has 2 aromatic rings. The van der Waals surface area contributed by atoms with Crippen LogP contribution in [-0.2, 0) is 11.4 Å². The van der Waals surface area contributed by atoms with Crippen molar-refractivity contribution < 1.29 is 14.3 Å². The third-order valence-electron chi connectivity index (χ3n) is 3.92. The van der Waals surface area contributed by atoms with E-state index in [-0.39, 0.29) is 17.2 Å². The first kappa shape index (κ1) is 21.9. The first-order chi connectivity index (χ1) is 13.0. The highest BCUT2D eigenvalue weighted by molar-refractivity contribution is 7.09. The molecule has 2 rings (SSSR count). The third kappa shape index (κ3) is 6.64. The Morgan fingerprint density at radius 2 is 1.89 bits per heavy atom. The number of aryl methyl sites for hydroxylation is 1. The number of carbonyl (C=O) groups is 2. The van der Waals surface area contributed by atoms with Gasteiger partial charge in [0, 0.05) is 17.5 Å². The predicted octanol–water partition coefficient (Wildman–Crippen LogP) is 3.70. The van der Waals surface area contributed by atoms with Gasteiger partial charge in [-0.25, -0.2) is 4.98 Å². The summed E-state index contributed by atoms with van der Waals surface area (Å²) in [5, 5.41) is 8.62. The van der Waals surface area contributed by atoms with Gasteiger partial charge >= 0.3 is 0 Å². The number of nitrogens with one attached hydrogen (secondary N) is 2. The molecule has 0 fully saturated rings. The lowest BCUT2D eigenvalue weighted by molar-refractivity contribution is -0.126. The smallest absolute Gasteiger partial charge is 0.252 e. The predicted molar refractivity (Wildman–Crippen MR) is 112 cm³/mol. The monoisotopic (exact) mass is 403 g/mol. The summed E-state index contributed by atoms with van der Waals surface area (Å²) in [6, 6.07) is 6.90. The Morgan fingerprint density at radius 3 is 2.50 bits per heavy atom. The highest BCUT2D eigenvalue weighted by Crippen LogP contribution is 2.17. The maximum atomic E-state index is 12.6. The minimum Gasteiger partial charge on any atom is -0.487 e. The van der Waals surface area contributed by atoms with E-state index in [0.717, 1.165) is 10.7 Å². The molecule has 0 bridgehead atoms. The van der Waals surface area contributed by atoms with E-state index in [9.17, 15) is 9.59 Å². The first-order valence-electron chi connectivity index (χ1n) is 9.21. The second kappa shape index (κ2) is 8.73. The van der Waals surface area contributed by atoms with Crippen LogP contribution in [-0.4, -0.2) is 28.9 Å².